The molecule has 1 saturated heterocycles. The molecule has 0 spiro atoms. The summed E-state index contributed by atoms with van der Waals surface area (Å²) >= 11 is 0. The fraction of sp³-hybridized carbons (Fsp3) is 0.643. The molecule has 1 aliphatic rings. The van der Waals surface area contributed by atoms with Crippen molar-refractivity contribution in [1.82, 2.24) is 4.98 Å². The highest BCUT2D eigenvalue weighted by atomic mass is 16.3. The molecule has 0 radical (unpaired) electrons. The summed E-state index contributed by atoms with van der Waals surface area (Å²) in [6.07, 6.45) is 2.48. The van der Waals surface area contributed by atoms with Crippen LogP contribution in [0.1, 0.15) is 37.9 Å². The number of anilines is 1. The predicted molar refractivity (Wildman–Crippen MR) is 70.1 cm³/mol. The van der Waals surface area contributed by atoms with E-state index in [9.17, 15) is 0 Å². The van der Waals surface area contributed by atoms with Crippen LogP contribution >= 0.6 is 0 Å². The van der Waals surface area contributed by atoms with E-state index in [0.29, 0.717) is 6.04 Å². The third-order valence-corrected chi connectivity index (χ3v) is 3.78. The van der Waals surface area contributed by atoms with Crippen LogP contribution in [-0.2, 0) is 6.61 Å². The van der Waals surface area contributed by atoms with Crippen molar-refractivity contribution in [1.29, 1.82) is 0 Å². The maximum atomic E-state index is 9.15. The van der Waals surface area contributed by atoms with E-state index in [2.05, 4.69) is 23.7 Å². The number of aliphatic hydroxyl groups is 1. The van der Waals surface area contributed by atoms with Gasteiger partial charge in [0.05, 0.1) is 6.61 Å². The van der Waals surface area contributed by atoms with Crippen molar-refractivity contribution in [2.45, 2.75) is 46.3 Å². The second-order valence-electron chi connectivity index (χ2n) is 5.24. The molecule has 1 N–H and O–H groups in total. The Balaban J connectivity index is 2.19. The Morgan fingerprint density at radius 2 is 2.18 bits per heavy atom. The molecule has 2 unspecified atom stereocenters. The molecule has 0 aromatic carbocycles. The largest absolute Gasteiger partial charge is 0.392 e. The van der Waals surface area contributed by atoms with Gasteiger partial charge < -0.3 is 10.0 Å². The molecule has 0 saturated carbocycles. The van der Waals surface area contributed by atoms with E-state index in [1.807, 2.05) is 19.1 Å². The third kappa shape index (κ3) is 2.60. The number of aromatic nitrogens is 1. The summed E-state index contributed by atoms with van der Waals surface area (Å²) in [7, 11) is 0. The summed E-state index contributed by atoms with van der Waals surface area (Å²) in [5, 5.41) is 9.15. The van der Waals surface area contributed by atoms with Gasteiger partial charge in [-0.05, 0) is 44.2 Å². The summed E-state index contributed by atoms with van der Waals surface area (Å²) in [6, 6.07) is 4.58. The number of aliphatic hydroxyl groups excluding tert-OH is 1. The van der Waals surface area contributed by atoms with Gasteiger partial charge in [0.1, 0.15) is 5.82 Å². The molecular formula is C14H22N2O. The van der Waals surface area contributed by atoms with E-state index in [1.54, 1.807) is 0 Å². The summed E-state index contributed by atoms with van der Waals surface area (Å²) < 4.78 is 0. The maximum Gasteiger partial charge on any atom is 0.129 e. The molecule has 1 fully saturated rings. The Bertz CT molecular complexity index is 392. The molecule has 3 nitrogen and oxygen atoms in total. The first-order chi connectivity index (χ1) is 8.11. The average molecular weight is 234 g/mol. The van der Waals surface area contributed by atoms with Crippen molar-refractivity contribution in [3.63, 3.8) is 0 Å². The molecule has 2 heterocycles. The van der Waals surface area contributed by atoms with E-state index < -0.39 is 0 Å². The van der Waals surface area contributed by atoms with Crippen LogP contribution in [0.3, 0.4) is 0 Å². The van der Waals surface area contributed by atoms with Crippen LogP contribution in [0.15, 0.2) is 12.1 Å². The van der Waals surface area contributed by atoms with Gasteiger partial charge in [0, 0.05) is 18.3 Å². The normalized spacial score (nSPS) is 25.1. The van der Waals surface area contributed by atoms with Gasteiger partial charge in [0.25, 0.3) is 0 Å². The van der Waals surface area contributed by atoms with Crippen LogP contribution in [-0.4, -0.2) is 22.7 Å². The molecule has 1 aromatic heterocycles. The molecule has 17 heavy (non-hydrogen) atoms. The summed E-state index contributed by atoms with van der Waals surface area (Å²) in [5.74, 6) is 1.87. The fourth-order valence-corrected chi connectivity index (χ4v) is 2.65. The smallest absolute Gasteiger partial charge is 0.129 e. The Morgan fingerprint density at radius 1 is 1.41 bits per heavy atom. The fourth-order valence-electron chi connectivity index (χ4n) is 2.65. The standard InChI is InChI=1S/C14H22N2O/c1-10-6-7-16(11(2)8-10)14-5-4-13(9-17)12(3)15-14/h4-5,10-11,17H,6-9H2,1-3H3. The Labute approximate surface area is 103 Å². The second-order valence-corrected chi connectivity index (χ2v) is 5.24. The minimum absolute atomic E-state index is 0.0751. The molecule has 2 atom stereocenters. The molecule has 94 valence electrons. The van der Waals surface area contributed by atoms with Gasteiger partial charge in [-0.1, -0.05) is 13.0 Å². The van der Waals surface area contributed by atoms with Crippen molar-refractivity contribution in [3.05, 3.63) is 23.4 Å². The molecule has 1 aromatic rings. The molecule has 1 aliphatic heterocycles. The van der Waals surface area contributed by atoms with Crippen molar-refractivity contribution in [3.8, 4) is 0 Å². The predicted octanol–water partition coefficient (Wildman–Crippen LogP) is 2.51. The van der Waals surface area contributed by atoms with E-state index in [0.717, 1.165) is 29.5 Å². The Morgan fingerprint density at radius 3 is 2.76 bits per heavy atom. The van der Waals surface area contributed by atoms with E-state index >= 15 is 0 Å². The number of hydrogen-bond acceptors (Lipinski definition) is 3. The SMILES string of the molecule is Cc1nc(N2CCC(C)CC2C)ccc1CO. The van der Waals surface area contributed by atoms with Crippen LogP contribution in [0.2, 0.25) is 0 Å². The van der Waals surface area contributed by atoms with Gasteiger partial charge in [-0.15, -0.1) is 0 Å². The van der Waals surface area contributed by atoms with Gasteiger partial charge in [-0.3, -0.25) is 0 Å². The number of pyridine rings is 1. The molecule has 3 heteroatoms. The third-order valence-electron chi connectivity index (χ3n) is 3.78. The molecule has 0 aliphatic carbocycles. The van der Waals surface area contributed by atoms with Crippen molar-refractivity contribution in [2.24, 2.45) is 5.92 Å². The van der Waals surface area contributed by atoms with Crippen LogP contribution < -0.4 is 4.90 Å². The lowest BCUT2D eigenvalue weighted by atomic mass is 9.93. The zero-order chi connectivity index (χ0) is 12.4. The summed E-state index contributed by atoms with van der Waals surface area (Å²) in [5.41, 5.74) is 1.86. The number of piperidine rings is 1. The van der Waals surface area contributed by atoms with E-state index in [1.165, 1.54) is 12.8 Å². The first kappa shape index (κ1) is 12.4. The molecule has 0 amide bonds. The minimum Gasteiger partial charge on any atom is -0.392 e. The Hall–Kier alpha value is -1.09. The van der Waals surface area contributed by atoms with Gasteiger partial charge in [-0.25, -0.2) is 4.98 Å². The van der Waals surface area contributed by atoms with Gasteiger partial charge in [0.15, 0.2) is 0 Å². The molecular weight excluding hydrogens is 212 g/mol. The summed E-state index contributed by atoms with van der Waals surface area (Å²) in [4.78, 5) is 6.99. The number of rotatable bonds is 2. The minimum atomic E-state index is 0.0751. The lowest BCUT2D eigenvalue weighted by Gasteiger charge is -2.37. The number of nitrogens with zero attached hydrogens (tertiary/aromatic N) is 2. The lowest BCUT2D eigenvalue weighted by molar-refractivity contribution is 0.280. The topological polar surface area (TPSA) is 36.4 Å². The summed E-state index contributed by atoms with van der Waals surface area (Å²) in [6.45, 7) is 7.72. The van der Waals surface area contributed by atoms with Crippen LogP contribution in [0.5, 0.6) is 0 Å². The highest BCUT2D eigenvalue weighted by molar-refractivity contribution is 5.43. The quantitative estimate of drug-likeness (QED) is 0.854. The van der Waals surface area contributed by atoms with Crippen molar-refractivity contribution >= 4 is 5.82 Å². The monoisotopic (exact) mass is 234 g/mol. The van der Waals surface area contributed by atoms with E-state index in [-0.39, 0.29) is 6.61 Å². The van der Waals surface area contributed by atoms with Crippen molar-refractivity contribution < 1.29 is 5.11 Å². The zero-order valence-corrected chi connectivity index (χ0v) is 11.0. The highest BCUT2D eigenvalue weighted by Gasteiger charge is 2.23. The first-order valence-corrected chi connectivity index (χ1v) is 6.46. The Kier molecular flexibility index (Phi) is 3.67. The van der Waals surface area contributed by atoms with Gasteiger partial charge in [0.2, 0.25) is 0 Å². The molecule has 0 bridgehead atoms. The van der Waals surface area contributed by atoms with Crippen LogP contribution in [0, 0.1) is 12.8 Å². The van der Waals surface area contributed by atoms with Crippen LogP contribution in [0.4, 0.5) is 5.82 Å². The number of hydrogen-bond donors (Lipinski definition) is 1. The second kappa shape index (κ2) is 5.05. The average Bonchev–Trinajstić information content (AvgIpc) is 2.29. The highest BCUT2D eigenvalue weighted by Crippen LogP contribution is 2.27. The van der Waals surface area contributed by atoms with E-state index in [4.69, 9.17) is 5.11 Å². The lowest BCUT2D eigenvalue weighted by Crippen LogP contribution is -2.40. The maximum absolute atomic E-state index is 9.15. The molecule has 2 rings (SSSR count). The van der Waals surface area contributed by atoms with Crippen LogP contribution in [0.25, 0.3) is 0 Å². The zero-order valence-electron chi connectivity index (χ0n) is 11.0. The number of aryl methyl sites for hydroxylation is 1. The first-order valence-electron chi connectivity index (χ1n) is 6.46. The van der Waals surface area contributed by atoms with Gasteiger partial charge >= 0.3 is 0 Å². The van der Waals surface area contributed by atoms with Gasteiger partial charge in [-0.2, -0.15) is 0 Å². The van der Waals surface area contributed by atoms with Crippen molar-refractivity contribution in [2.75, 3.05) is 11.4 Å².